The number of carbonyl (C=O) groups is 1. The minimum absolute atomic E-state index is 0.102. The summed E-state index contributed by atoms with van der Waals surface area (Å²) in [7, 11) is 1.60. The van der Waals surface area contributed by atoms with Crippen LogP contribution in [0.1, 0.15) is 42.9 Å². The molecule has 0 aliphatic carbocycles. The lowest BCUT2D eigenvalue weighted by Crippen LogP contribution is -2.06. The average molecular weight is 358 g/mol. The Labute approximate surface area is 151 Å². The standard InChI is InChI=1S/C19H20ClN3O2/c1-4-6-16(24)18-15(5-2)22-19-17(21-9-10-23(18)19)13-8-7-12(25-3)11-14(13)20/h7-11H,4-6H2,1-3H3. The molecule has 0 radical (unpaired) electrons. The van der Waals surface area contributed by atoms with Gasteiger partial charge in [-0.15, -0.1) is 0 Å². The van der Waals surface area contributed by atoms with Gasteiger partial charge in [-0.05, 0) is 31.0 Å². The fourth-order valence-electron chi connectivity index (χ4n) is 2.92. The smallest absolute Gasteiger partial charge is 0.181 e. The van der Waals surface area contributed by atoms with Gasteiger partial charge in [-0.25, -0.2) is 4.98 Å². The van der Waals surface area contributed by atoms with E-state index in [1.807, 2.05) is 30.4 Å². The molecular weight excluding hydrogens is 338 g/mol. The zero-order valence-corrected chi connectivity index (χ0v) is 15.3. The average Bonchev–Trinajstić information content (AvgIpc) is 3.00. The minimum atomic E-state index is 0.102. The summed E-state index contributed by atoms with van der Waals surface area (Å²) in [5.74, 6) is 0.780. The van der Waals surface area contributed by atoms with Crippen molar-refractivity contribution in [3.05, 3.63) is 47.0 Å². The Kier molecular flexibility index (Phi) is 5.04. The molecule has 130 valence electrons. The molecule has 0 aliphatic heterocycles. The van der Waals surface area contributed by atoms with Crippen LogP contribution >= 0.6 is 11.6 Å². The molecule has 1 aromatic carbocycles. The lowest BCUT2D eigenvalue weighted by molar-refractivity contribution is 0.0975. The van der Waals surface area contributed by atoms with E-state index in [9.17, 15) is 4.79 Å². The van der Waals surface area contributed by atoms with Gasteiger partial charge in [0, 0.05) is 24.4 Å². The third-order valence-electron chi connectivity index (χ3n) is 4.12. The van der Waals surface area contributed by atoms with Gasteiger partial charge in [-0.1, -0.05) is 25.4 Å². The molecule has 0 amide bonds. The Morgan fingerprint density at radius 3 is 2.76 bits per heavy atom. The maximum Gasteiger partial charge on any atom is 0.181 e. The van der Waals surface area contributed by atoms with Crippen molar-refractivity contribution in [2.75, 3.05) is 7.11 Å². The van der Waals surface area contributed by atoms with Gasteiger partial charge < -0.3 is 4.74 Å². The number of fused-ring (bicyclic) bond motifs is 1. The zero-order valence-electron chi connectivity index (χ0n) is 14.5. The second kappa shape index (κ2) is 7.23. The van der Waals surface area contributed by atoms with Crippen LogP contribution in [-0.4, -0.2) is 27.3 Å². The number of Topliss-reactive ketones (excluding diaryl/α,β-unsaturated/α-hetero) is 1. The van der Waals surface area contributed by atoms with E-state index in [1.54, 1.807) is 25.6 Å². The molecule has 2 aromatic heterocycles. The summed E-state index contributed by atoms with van der Waals surface area (Å²) in [6.07, 6.45) is 5.44. The Hall–Kier alpha value is -2.40. The van der Waals surface area contributed by atoms with E-state index in [0.29, 0.717) is 40.6 Å². The van der Waals surface area contributed by atoms with Crippen LogP contribution in [0.15, 0.2) is 30.6 Å². The van der Waals surface area contributed by atoms with Gasteiger partial charge in [-0.3, -0.25) is 14.2 Å². The highest BCUT2D eigenvalue weighted by atomic mass is 35.5. The first kappa shape index (κ1) is 17.4. The van der Waals surface area contributed by atoms with Gasteiger partial charge in [0.25, 0.3) is 0 Å². The molecule has 0 unspecified atom stereocenters. The van der Waals surface area contributed by atoms with Crippen molar-refractivity contribution in [1.82, 2.24) is 14.4 Å². The Morgan fingerprint density at radius 1 is 1.32 bits per heavy atom. The molecule has 5 nitrogen and oxygen atoms in total. The lowest BCUT2D eigenvalue weighted by Gasteiger charge is -2.08. The number of aromatic nitrogens is 3. The number of halogens is 1. The van der Waals surface area contributed by atoms with Crippen molar-refractivity contribution in [1.29, 1.82) is 0 Å². The molecular formula is C19H20ClN3O2. The molecule has 3 rings (SSSR count). The van der Waals surface area contributed by atoms with E-state index >= 15 is 0 Å². The summed E-state index contributed by atoms with van der Waals surface area (Å²) in [5.41, 5.74) is 3.49. The van der Waals surface area contributed by atoms with Gasteiger partial charge in [0.2, 0.25) is 0 Å². The number of nitrogens with zero attached hydrogens (tertiary/aromatic N) is 3. The van der Waals surface area contributed by atoms with Crippen LogP contribution in [0.3, 0.4) is 0 Å². The summed E-state index contributed by atoms with van der Waals surface area (Å²) in [4.78, 5) is 21.7. The maximum absolute atomic E-state index is 12.6. The van der Waals surface area contributed by atoms with E-state index in [4.69, 9.17) is 16.3 Å². The number of benzene rings is 1. The topological polar surface area (TPSA) is 56.5 Å². The summed E-state index contributed by atoms with van der Waals surface area (Å²) in [6.45, 7) is 3.99. The highest BCUT2D eigenvalue weighted by Crippen LogP contribution is 2.32. The number of rotatable bonds is 6. The molecule has 0 bridgehead atoms. The van der Waals surface area contributed by atoms with Gasteiger partial charge in [0.1, 0.15) is 17.1 Å². The van der Waals surface area contributed by atoms with Gasteiger partial charge >= 0.3 is 0 Å². The highest BCUT2D eigenvalue weighted by Gasteiger charge is 2.21. The second-order valence-electron chi connectivity index (χ2n) is 5.75. The number of methoxy groups -OCH3 is 1. The fraction of sp³-hybridized carbons (Fsp3) is 0.316. The van der Waals surface area contributed by atoms with Crippen molar-refractivity contribution >= 4 is 23.0 Å². The molecule has 2 heterocycles. The van der Waals surface area contributed by atoms with Crippen molar-refractivity contribution in [3.8, 4) is 17.0 Å². The van der Waals surface area contributed by atoms with E-state index in [-0.39, 0.29) is 5.78 Å². The zero-order chi connectivity index (χ0) is 18.0. The van der Waals surface area contributed by atoms with Crippen LogP contribution in [0.5, 0.6) is 5.75 Å². The van der Waals surface area contributed by atoms with Crippen LogP contribution in [0, 0.1) is 0 Å². The third-order valence-corrected chi connectivity index (χ3v) is 4.43. The number of hydrogen-bond acceptors (Lipinski definition) is 4. The molecule has 0 spiro atoms. The van der Waals surface area contributed by atoms with Gasteiger partial charge in [0.15, 0.2) is 11.4 Å². The third kappa shape index (κ3) is 3.12. The van der Waals surface area contributed by atoms with Gasteiger partial charge in [-0.2, -0.15) is 0 Å². The Bertz CT molecular complexity index is 934. The van der Waals surface area contributed by atoms with Gasteiger partial charge in [0.05, 0.1) is 17.8 Å². The molecule has 0 atom stereocenters. The first-order chi connectivity index (χ1) is 12.1. The van der Waals surface area contributed by atoms with Crippen molar-refractivity contribution < 1.29 is 9.53 Å². The predicted molar refractivity (Wildman–Crippen MR) is 98.6 cm³/mol. The van der Waals surface area contributed by atoms with Crippen LogP contribution < -0.4 is 4.74 Å². The monoisotopic (exact) mass is 357 g/mol. The molecule has 0 saturated carbocycles. The predicted octanol–water partition coefficient (Wildman–Crippen LogP) is 4.60. The number of carbonyl (C=O) groups excluding carboxylic acids is 1. The molecule has 3 aromatic rings. The highest BCUT2D eigenvalue weighted by molar-refractivity contribution is 6.33. The normalized spacial score (nSPS) is 11.0. The van der Waals surface area contributed by atoms with Crippen LogP contribution in [-0.2, 0) is 6.42 Å². The van der Waals surface area contributed by atoms with E-state index in [0.717, 1.165) is 17.7 Å². The number of imidazole rings is 1. The number of hydrogen-bond donors (Lipinski definition) is 0. The van der Waals surface area contributed by atoms with E-state index in [1.165, 1.54) is 0 Å². The van der Waals surface area contributed by atoms with E-state index in [2.05, 4.69) is 9.97 Å². The second-order valence-corrected chi connectivity index (χ2v) is 6.16. The van der Waals surface area contributed by atoms with Crippen LogP contribution in [0.4, 0.5) is 0 Å². The molecule has 0 N–H and O–H groups in total. The summed E-state index contributed by atoms with van der Waals surface area (Å²) >= 11 is 6.41. The Balaban J connectivity index is 2.23. The molecule has 25 heavy (non-hydrogen) atoms. The molecule has 6 heteroatoms. The SMILES string of the molecule is CCCC(=O)c1c(CC)nc2c(-c3ccc(OC)cc3Cl)nccn12. The van der Waals surface area contributed by atoms with Crippen molar-refractivity contribution in [3.63, 3.8) is 0 Å². The quantitative estimate of drug-likeness (QED) is 0.605. The first-order valence-corrected chi connectivity index (χ1v) is 8.71. The molecule has 0 saturated heterocycles. The lowest BCUT2D eigenvalue weighted by atomic mass is 10.1. The molecule has 0 aliphatic rings. The van der Waals surface area contributed by atoms with E-state index < -0.39 is 0 Å². The largest absolute Gasteiger partial charge is 0.497 e. The van der Waals surface area contributed by atoms with Crippen molar-refractivity contribution in [2.45, 2.75) is 33.1 Å². The first-order valence-electron chi connectivity index (χ1n) is 8.33. The number of ether oxygens (including phenoxy) is 1. The number of ketones is 1. The fourth-order valence-corrected chi connectivity index (χ4v) is 3.18. The summed E-state index contributed by atoms with van der Waals surface area (Å²) in [6, 6.07) is 5.44. The molecule has 0 fully saturated rings. The summed E-state index contributed by atoms with van der Waals surface area (Å²) < 4.78 is 7.04. The van der Waals surface area contributed by atoms with Crippen molar-refractivity contribution in [2.24, 2.45) is 0 Å². The Morgan fingerprint density at radius 2 is 2.12 bits per heavy atom. The maximum atomic E-state index is 12.6. The van der Waals surface area contributed by atoms with Crippen LogP contribution in [0.2, 0.25) is 5.02 Å². The van der Waals surface area contributed by atoms with Crippen LogP contribution in [0.25, 0.3) is 16.9 Å². The number of aryl methyl sites for hydroxylation is 1. The summed E-state index contributed by atoms with van der Waals surface area (Å²) in [5, 5.41) is 0.530. The minimum Gasteiger partial charge on any atom is -0.497 e.